The van der Waals surface area contributed by atoms with Gasteiger partial charge in [0, 0.05) is 6.61 Å². The molecule has 152 valence electrons. The lowest BCUT2D eigenvalue weighted by atomic mass is 10.0. The van der Waals surface area contributed by atoms with Gasteiger partial charge in [-0.2, -0.15) is 0 Å². The van der Waals surface area contributed by atoms with Crippen LogP contribution in [0.4, 0.5) is 9.52 Å². The number of hydrogen-bond donors (Lipinski definition) is 0. The number of halogens is 1. The highest BCUT2D eigenvalue weighted by atomic mass is 32.1. The van der Waals surface area contributed by atoms with E-state index < -0.39 is 0 Å². The minimum absolute atomic E-state index is 0.00861. The number of anilines is 1. The lowest BCUT2D eigenvalue weighted by Gasteiger charge is -2.23. The Kier molecular flexibility index (Phi) is 5.19. The molecule has 1 amide bonds. The van der Waals surface area contributed by atoms with Gasteiger partial charge in [0.2, 0.25) is 5.91 Å². The number of rotatable bonds is 5. The van der Waals surface area contributed by atoms with Crippen LogP contribution in [0.1, 0.15) is 18.4 Å². The Balaban J connectivity index is 1.45. The summed E-state index contributed by atoms with van der Waals surface area (Å²) in [5.74, 6) is -0.328. The number of thiazole rings is 1. The molecule has 1 aliphatic rings. The fourth-order valence-electron chi connectivity index (χ4n) is 3.90. The number of nitrogens with zero attached hydrogens (tertiary/aromatic N) is 2. The first-order valence-electron chi connectivity index (χ1n) is 10.1. The minimum atomic E-state index is -0.300. The number of carbonyl (C=O) groups is 1. The van der Waals surface area contributed by atoms with E-state index in [1.165, 1.54) is 23.5 Å². The van der Waals surface area contributed by atoms with Crippen LogP contribution in [-0.4, -0.2) is 30.1 Å². The molecular formula is C24H21FN2O2S. The van der Waals surface area contributed by atoms with Crippen LogP contribution >= 0.6 is 11.3 Å². The van der Waals surface area contributed by atoms with Crippen LogP contribution in [0.2, 0.25) is 0 Å². The molecule has 0 saturated carbocycles. The second-order valence-electron chi connectivity index (χ2n) is 7.61. The van der Waals surface area contributed by atoms with Crippen LogP contribution in [0.5, 0.6) is 0 Å². The molecule has 0 bridgehead atoms. The van der Waals surface area contributed by atoms with E-state index in [9.17, 15) is 9.18 Å². The molecule has 6 heteroatoms. The molecule has 0 N–H and O–H groups in total. The number of amides is 1. The third-order valence-corrected chi connectivity index (χ3v) is 6.49. The average Bonchev–Trinajstić information content (AvgIpc) is 3.41. The molecule has 0 spiro atoms. The summed E-state index contributed by atoms with van der Waals surface area (Å²) in [6, 6.07) is 18.7. The van der Waals surface area contributed by atoms with Gasteiger partial charge >= 0.3 is 0 Å². The van der Waals surface area contributed by atoms with Gasteiger partial charge in [-0.05, 0) is 47.4 Å². The van der Waals surface area contributed by atoms with Crippen molar-refractivity contribution in [3.8, 4) is 0 Å². The largest absolute Gasteiger partial charge is 0.376 e. The Morgan fingerprint density at radius 1 is 1.13 bits per heavy atom. The van der Waals surface area contributed by atoms with E-state index in [2.05, 4.69) is 23.2 Å². The molecule has 4 aromatic rings. The molecule has 3 aromatic carbocycles. The lowest BCUT2D eigenvalue weighted by Crippen LogP contribution is -2.38. The molecule has 5 rings (SSSR count). The van der Waals surface area contributed by atoms with E-state index in [-0.39, 0.29) is 24.2 Å². The van der Waals surface area contributed by atoms with Gasteiger partial charge in [0.05, 0.1) is 29.3 Å². The van der Waals surface area contributed by atoms with Gasteiger partial charge in [-0.15, -0.1) is 0 Å². The maximum atomic E-state index is 13.6. The molecule has 1 aromatic heterocycles. The van der Waals surface area contributed by atoms with E-state index in [1.807, 2.05) is 24.3 Å². The van der Waals surface area contributed by atoms with Crippen LogP contribution in [0.3, 0.4) is 0 Å². The molecule has 1 unspecified atom stereocenters. The predicted molar refractivity (Wildman–Crippen MR) is 119 cm³/mol. The summed E-state index contributed by atoms with van der Waals surface area (Å²) in [6.07, 6.45) is 2.22. The predicted octanol–water partition coefficient (Wildman–Crippen LogP) is 5.34. The van der Waals surface area contributed by atoms with Gasteiger partial charge in [0.15, 0.2) is 5.13 Å². The fourth-order valence-corrected chi connectivity index (χ4v) is 4.92. The van der Waals surface area contributed by atoms with E-state index in [0.717, 1.165) is 40.5 Å². The highest BCUT2D eigenvalue weighted by Gasteiger charge is 2.26. The minimum Gasteiger partial charge on any atom is -0.376 e. The van der Waals surface area contributed by atoms with Crippen LogP contribution in [0, 0.1) is 5.82 Å². The summed E-state index contributed by atoms with van der Waals surface area (Å²) in [4.78, 5) is 19.7. The van der Waals surface area contributed by atoms with E-state index in [0.29, 0.717) is 17.2 Å². The van der Waals surface area contributed by atoms with Crippen molar-refractivity contribution in [1.82, 2.24) is 4.98 Å². The SMILES string of the molecule is O=C(Cc1ccc2ccccc2c1)N(CC1CCCO1)c1nc2ccc(F)cc2s1. The summed E-state index contributed by atoms with van der Waals surface area (Å²) in [6.45, 7) is 1.19. The second-order valence-corrected chi connectivity index (χ2v) is 8.62. The Morgan fingerprint density at radius 2 is 2.00 bits per heavy atom. The van der Waals surface area contributed by atoms with Crippen molar-refractivity contribution in [3.05, 3.63) is 72.0 Å². The third kappa shape index (κ3) is 3.93. The number of fused-ring (bicyclic) bond motifs is 2. The Labute approximate surface area is 177 Å². The smallest absolute Gasteiger partial charge is 0.233 e. The molecule has 1 aliphatic heterocycles. The number of ether oxygens (including phenoxy) is 1. The van der Waals surface area contributed by atoms with Crippen molar-refractivity contribution in [1.29, 1.82) is 0 Å². The van der Waals surface area contributed by atoms with Gasteiger partial charge in [0.1, 0.15) is 5.82 Å². The summed E-state index contributed by atoms with van der Waals surface area (Å²) >= 11 is 1.34. The summed E-state index contributed by atoms with van der Waals surface area (Å²) in [5.41, 5.74) is 1.66. The molecular weight excluding hydrogens is 399 g/mol. The number of benzene rings is 3. The first kappa shape index (κ1) is 19.2. The average molecular weight is 421 g/mol. The molecule has 1 fully saturated rings. The molecule has 30 heavy (non-hydrogen) atoms. The fraction of sp³-hybridized carbons (Fsp3) is 0.250. The maximum Gasteiger partial charge on any atom is 0.233 e. The highest BCUT2D eigenvalue weighted by Crippen LogP contribution is 2.31. The zero-order chi connectivity index (χ0) is 20.5. The van der Waals surface area contributed by atoms with Gasteiger partial charge < -0.3 is 4.74 Å². The number of carbonyl (C=O) groups excluding carboxylic acids is 1. The van der Waals surface area contributed by atoms with Crippen LogP contribution in [0.15, 0.2) is 60.7 Å². The zero-order valence-electron chi connectivity index (χ0n) is 16.4. The van der Waals surface area contributed by atoms with Crippen molar-refractivity contribution < 1.29 is 13.9 Å². The second kappa shape index (κ2) is 8.13. The maximum absolute atomic E-state index is 13.6. The van der Waals surface area contributed by atoms with E-state index in [4.69, 9.17) is 4.74 Å². The first-order chi connectivity index (χ1) is 14.7. The number of hydrogen-bond acceptors (Lipinski definition) is 4. The summed E-state index contributed by atoms with van der Waals surface area (Å²) in [7, 11) is 0. The Bertz CT molecular complexity index is 1220. The molecule has 1 saturated heterocycles. The monoisotopic (exact) mass is 420 g/mol. The van der Waals surface area contributed by atoms with Crippen LogP contribution in [0.25, 0.3) is 21.0 Å². The van der Waals surface area contributed by atoms with Crippen molar-refractivity contribution in [3.63, 3.8) is 0 Å². The van der Waals surface area contributed by atoms with Gasteiger partial charge in [0.25, 0.3) is 0 Å². The van der Waals surface area contributed by atoms with Gasteiger partial charge in [-0.3, -0.25) is 9.69 Å². The van der Waals surface area contributed by atoms with Crippen molar-refractivity contribution in [2.24, 2.45) is 0 Å². The Hall–Kier alpha value is -2.83. The summed E-state index contributed by atoms with van der Waals surface area (Å²) in [5, 5.41) is 2.86. The normalized spacial score (nSPS) is 16.4. The molecule has 0 radical (unpaired) electrons. The van der Waals surface area contributed by atoms with Crippen molar-refractivity contribution in [2.45, 2.75) is 25.4 Å². The van der Waals surface area contributed by atoms with E-state index in [1.54, 1.807) is 11.0 Å². The highest BCUT2D eigenvalue weighted by molar-refractivity contribution is 7.22. The lowest BCUT2D eigenvalue weighted by molar-refractivity contribution is -0.118. The first-order valence-corrected chi connectivity index (χ1v) is 10.9. The molecule has 0 aliphatic carbocycles. The topological polar surface area (TPSA) is 42.4 Å². The van der Waals surface area contributed by atoms with Gasteiger partial charge in [-0.25, -0.2) is 9.37 Å². The molecule has 1 atom stereocenters. The van der Waals surface area contributed by atoms with Crippen LogP contribution < -0.4 is 4.90 Å². The standard InChI is InChI=1S/C24H21FN2O2S/c25-19-9-10-21-22(14-19)30-24(26-21)27(15-20-6-3-11-29-20)23(28)13-16-7-8-17-4-1-2-5-18(17)12-16/h1-2,4-5,7-10,12,14,20H,3,6,11,13,15H2. The molecule has 2 heterocycles. The summed E-state index contributed by atoms with van der Waals surface area (Å²) < 4.78 is 20.1. The van der Waals surface area contributed by atoms with Gasteiger partial charge in [-0.1, -0.05) is 53.8 Å². The number of aromatic nitrogens is 1. The molecule has 4 nitrogen and oxygen atoms in total. The Morgan fingerprint density at radius 3 is 2.83 bits per heavy atom. The van der Waals surface area contributed by atoms with Crippen molar-refractivity contribution in [2.75, 3.05) is 18.1 Å². The third-order valence-electron chi connectivity index (χ3n) is 5.45. The van der Waals surface area contributed by atoms with E-state index >= 15 is 0 Å². The van der Waals surface area contributed by atoms with Crippen molar-refractivity contribution >= 4 is 43.4 Å². The zero-order valence-corrected chi connectivity index (χ0v) is 17.2. The van der Waals surface area contributed by atoms with Crippen LogP contribution in [-0.2, 0) is 16.0 Å². The quantitative estimate of drug-likeness (QED) is 0.437.